The highest BCUT2D eigenvalue weighted by atomic mass is 19.1. The number of amides is 1. The van der Waals surface area contributed by atoms with Crippen LogP contribution < -0.4 is 10.2 Å². The molecule has 1 aliphatic rings. The minimum absolute atomic E-state index is 0.0336. The number of pyridine rings is 2. The molecular formula is C28H29FN4O4. The van der Waals surface area contributed by atoms with E-state index in [-0.39, 0.29) is 23.2 Å². The summed E-state index contributed by atoms with van der Waals surface area (Å²) in [5.74, 6) is -0.988. The minimum Gasteiger partial charge on any atom is -0.466 e. The molecule has 1 N–H and O–H groups in total. The fraction of sp³-hybridized carbons (Fsp3) is 0.286. The van der Waals surface area contributed by atoms with Crippen LogP contribution in [0.3, 0.4) is 0 Å². The topological polar surface area (TPSA) is 93.7 Å². The molecule has 192 valence electrons. The summed E-state index contributed by atoms with van der Waals surface area (Å²) in [5.41, 5.74) is 1.93. The van der Waals surface area contributed by atoms with Crippen molar-refractivity contribution in [3.8, 4) is 11.1 Å². The number of carbonyl (C=O) groups excluding carboxylic acids is 2. The minimum atomic E-state index is -1.39. The van der Waals surface area contributed by atoms with Gasteiger partial charge in [-0.15, -0.1) is 0 Å². The van der Waals surface area contributed by atoms with Gasteiger partial charge in [0.05, 0.1) is 15.0 Å². The maximum atomic E-state index is 15.4. The zero-order valence-corrected chi connectivity index (χ0v) is 20.7. The van der Waals surface area contributed by atoms with E-state index in [1.165, 1.54) is 42.5 Å². The SMILES string of the molecule is [2H]C(c1ccc(-c2ccc(NC)nc2)cc1F)N(C(=O)C1CCOCC1)c1cc(/C=C/C(=O)OC)ccn1. The highest BCUT2D eigenvalue weighted by Crippen LogP contribution is 2.27. The van der Waals surface area contributed by atoms with Crippen LogP contribution >= 0.6 is 0 Å². The molecule has 1 aliphatic heterocycles. The molecule has 1 fully saturated rings. The third-order valence-electron chi connectivity index (χ3n) is 6.06. The summed E-state index contributed by atoms with van der Waals surface area (Å²) in [4.78, 5) is 35.0. The van der Waals surface area contributed by atoms with Gasteiger partial charge in [0.25, 0.3) is 0 Å². The molecule has 0 saturated carbocycles. The van der Waals surface area contributed by atoms with E-state index in [4.69, 9.17) is 6.11 Å². The van der Waals surface area contributed by atoms with Crippen LogP contribution in [0.2, 0.25) is 0 Å². The van der Waals surface area contributed by atoms with Gasteiger partial charge in [-0.25, -0.2) is 19.2 Å². The van der Waals surface area contributed by atoms with Crippen LogP contribution in [0.15, 0.2) is 60.9 Å². The van der Waals surface area contributed by atoms with Gasteiger partial charge in [-0.2, -0.15) is 0 Å². The number of methoxy groups -OCH3 is 1. The Kier molecular flexibility index (Phi) is 8.12. The van der Waals surface area contributed by atoms with Gasteiger partial charge in [0, 0.05) is 55.8 Å². The van der Waals surface area contributed by atoms with Gasteiger partial charge in [-0.3, -0.25) is 9.69 Å². The fourth-order valence-electron chi connectivity index (χ4n) is 3.95. The zero-order valence-electron chi connectivity index (χ0n) is 21.7. The van der Waals surface area contributed by atoms with Crippen molar-refractivity contribution in [3.05, 3.63) is 77.9 Å². The van der Waals surface area contributed by atoms with Crippen molar-refractivity contribution >= 4 is 29.6 Å². The van der Waals surface area contributed by atoms with Gasteiger partial charge in [0.15, 0.2) is 0 Å². The van der Waals surface area contributed by atoms with Crippen LogP contribution in [0.1, 0.15) is 25.3 Å². The third kappa shape index (κ3) is 6.56. The van der Waals surface area contributed by atoms with Crippen LogP contribution in [0, 0.1) is 11.7 Å². The summed E-state index contributed by atoms with van der Waals surface area (Å²) in [5, 5.41) is 2.94. The molecule has 0 aliphatic carbocycles. The lowest BCUT2D eigenvalue weighted by Gasteiger charge is -2.29. The van der Waals surface area contributed by atoms with Gasteiger partial charge in [-0.1, -0.05) is 12.1 Å². The number of nitrogens with zero attached hydrogens (tertiary/aromatic N) is 3. The lowest BCUT2D eigenvalue weighted by molar-refractivity contribution is -0.134. The van der Waals surface area contributed by atoms with E-state index in [0.29, 0.717) is 43.0 Å². The first-order valence-corrected chi connectivity index (χ1v) is 11.9. The normalized spacial score (nSPS) is 15.2. The first kappa shape index (κ1) is 24.6. The Morgan fingerprint density at radius 3 is 2.65 bits per heavy atom. The van der Waals surface area contributed by atoms with E-state index < -0.39 is 18.3 Å². The second-order valence-corrected chi connectivity index (χ2v) is 8.45. The molecule has 3 aromatic rings. The van der Waals surface area contributed by atoms with E-state index in [1.807, 2.05) is 6.07 Å². The lowest BCUT2D eigenvalue weighted by atomic mass is 9.98. The predicted octanol–water partition coefficient (Wildman–Crippen LogP) is 4.47. The van der Waals surface area contributed by atoms with Crippen molar-refractivity contribution in [1.29, 1.82) is 0 Å². The van der Waals surface area contributed by atoms with Crippen LogP contribution in [0.4, 0.5) is 16.0 Å². The van der Waals surface area contributed by atoms with E-state index in [0.717, 1.165) is 5.56 Å². The largest absolute Gasteiger partial charge is 0.466 e. The summed E-state index contributed by atoms with van der Waals surface area (Å²) < 4.78 is 34.5. The molecule has 1 atom stereocenters. The van der Waals surface area contributed by atoms with Crippen molar-refractivity contribution in [2.75, 3.05) is 37.6 Å². The summed E-state index contributed by atoms with van der Waals surface area (Å²) in [6.45, 7) is -0.520. The zero-order chi connectivity index (χ0) is 27.1. The second-order valence-electron chi connectivity index (χ2n) is 8.45. The quantitative estimate of drug-likeness (QED) is 0.357. The summed E-state index contributed by atoms with van der Waals surface area (Å²) in [7, 11) is 3.04. The summed E-state index contributed by atoms with van der Waals surface area (Å²) >= 11 is 0. The number of anilines is 2. The van der Waals surface area contributed by atoms with Crippen molar-refractivity contribution in [2.24, 2.45) is 5.92 Å². The number of ether oxygens (including phenoxy) is 2. The van der Waals surface area contributed by atoms with Crippen molar-refractivity contribution in [1.82, 2.24) is 9.97 Å². The second kappa shape index (κ2) is 12.2. The summed E-state index contributed by atoms with van der Waals surface area (Å²) in [6, 6.07) is 11.4. The number of aromatic nitrogens is 2. The molecule has 37 heavy (non-hydrogen) atoms. The van der Waals surface area contributed by atoms with E-state index in [1.54, 1.807) is 37.5 Å². The average Bonchev–Trinajstić information content (AvgIpc) is 2.96. The number of halogens is 1. The fourth-order valence-corrected chi connectivity index (χ4v) is 3.95. The Hall–Kier alpha value is -4.11. The molecule has 0 bridgehead atoms. The van der Waals surface area contributed by atoms with Gasteiger partial charge in [0.1, 0.15) is 17.5 Å². The first-order chi connectivity index (χ1) is 18.4. The summed E-state index contributed by atoms with van der Waals surface area (Å²) in [6.07, 6.45) is 6.89. The van der Waals surface area contributed by atoms with Crippen molar-refractivity contribution in [3.63, 3.8) is 0 Å². The first-order valence-electron chi connectivity index (χ1n) is 12.5. The number of nitrogens with one attached hydrogen (secondary N) is 1. The molecule has 1 unspecified atom stereocenters. The molecule has 1 saturated heterocycles. The van der Waals surface area contributed by atoms with E-state index in [9.17, 15) is 9.59 Å². The molecule has 3 heterocycles. The Bertz CT molecular complexity index is 1310. The molecule has 0 spiro atoms. The Morgan fingerprint density at radius 2 is 1.97 bits per heavy atom. The number of carbonyl (C=O) groups is 2. The predicted molar refractivity (Wildman–Crippen MR) is 139 cm³/mol. The molecule has 8 nitrogen and oxygen atoms in total. The monoisotopic (exact) mass is 505 g/mol. The van der Waals surface area contributed by atoms with Crippen LogP contribution in [0.25, 0.3) is 17.2 Å². The molecule has 9 heteroatoms. The Balaban J connectivity index is 1.69. The van der Waals surface area contributed by atoms with Crippen LogP contribution in [-0.2, 0) is 25.6 Å². The van der Waals surface area contributed by atoms with E-state index in [2.05, 4.69) is 20.0 Å². The maximum absolute atomic E-state index is 15.4. The smallest absolute Gasteiger partial charge is 0.330 e. The molecular weight excluding hydrogens is 475 g/mol. The highest BCUT2D eigenvalue weighted by molar-refractivity contribution is 5.94. The number of rotatable bonds is 8. The van der Waals surface area contributed by atoms with Gasteiger partial charge >= 0.3 is 5.97 Å². The van der Waals surface area contributed by atoms with Crippen molar-refractivity contribution < 1.29 is 24.8 Å². The van der Waals surface area contributed by atoms with Crippen molar-refractivity contribution in [2.45, 2.75) is 19.4 Å². The third-order valence-corrected chi connectivity index (χ3v) is 6.06. The Morgan fingerprint density at radius 1 is 1.19 bits per heavy atom. The van der Waals surface area contributed by atoms with Crippen LogP contribution in [-0.4, -0.2) is 49.2 Å². The molecule has 4 rings (SSSR count). The molecule has 1 aromatic carbocycles. The number of hydrogen-bond donors (Lipinski definition) is 1. The number of benzene rings is 1. The van der Waals surface area contributed by atoms with Gasteiger partial charge < -0.3 is 14.8 Å². The van der Waals surface area contributed by atoms with E-state index >= 15 is 4.39 Å². The number of esters is 1. The molecule has 2 aromatic heterocycles. The van der Waals surface area contributed by atoms with Gasteiger partial charge in [-0.05, 0) is 60.4 Å². The van der Waals surface area contributed by atoms with Gasteiger partial charge in [0.2, 0.25) is 5.91 Å². The lowest BCUT2D eigenvalue weighted by Crippen LogP contribution is -2.39. The standard InChI is InChI=1S/C28H29FN4O4/c1-30-25-7-6-22(17-32-25)21-4-5-23(24(29)16-21)18-33(28(35)20-10-13-37-14-11-20)26-15-19(9-12-31-26)3-8-27(34)36-2/h3-9,12,15-17,20H,10-11,13-14,18H2,1-2H3,(H,30,32)/b8-3+/i18D. The molecule has 1 amide bonds. The Labute approximate surface area is 216 Å². The highest BCUT2D eigenvalue weighted by Gasteiger charge is 2.29. The van der Waals surface area contributed by atoms with Crippen LogP contribution in [0.5, 0.6) is 0 Å². The maximum Gasteiger partial charge on any atom is 0.330 e. The number of hydrogen-bond acceptors (Lipinski definition) is 7. The molecule has 0 radical (unpaired) electrons. The average molecular weight is 506 g/mol.